The third kappa shape index (κ3) is 7.54. The van der Waals surface area contributed by atoms with Crippen molar-refractivity contribution in [3.8, 4) is 0 Å². The van der Waals surface area contributed by atoms with E-state index in [4.69, 9.17) is 47.0 Å². The number of rotatable bonds is 8. The Kier molecular flexibility index (Phi) is 12.1. The number of aromatic nitrogens is 1. The van der Waals surface area contributed by atoms with E-state index in [0.29, 0.717) is 0 Å². The number of carbonyl (C=O) groups excluding carboxylic acids is 8. The Labute approximate surface area is 353 Å². The Morgan fingerprint density at radius 3 is 2.06 bits per heavy atom. The summed E-state index contributed by atoms with van der Waals surface area (Å²) in [4.78, 5) is 113. The fraction of sp³-hybridized carbons (Fsp3) is 0.585. The fourth-order valence-corrected chi connectivity index (χ4v) is 9.63. The highest BCUT2D eigenvalue weighted by Crippen LogP contribution is 2.69. The van der Waals surface area contributed by atoms with Gasteiger partial charge < -0.3 is 57.3 Å². The number of pyridine rings is 1. The van der Waals surface area contributed by atoms with Crippen molar-refractivity contribution in [3.05, 3.63) is 53.7 Å². The van der Waals surface area contributed by atoms with E-state index in [9.17, 15) is 48.6 Å². The predicted octanol–water partition coefficient (Wildman–Crippen LogP) is 0.864. The van der Waals surface area contributed by atoms with Crippen LogP contribution in [0.3, 0.4) is 0 Å². The monoisotopic (exact) mass is 873 g/mol. The number of aliphatic hydroxyl groups is 2. The zero-order chi connectivity index (χ0) is 45.7. The van der Waals surface area contributed by atoms with Crippen LogP contribution in [0.4, 0.5) is 0 Å². The van der Waals surface area contributed by atoms with E-state index in [0.717, 1.165) is 61.0 Å². The Hall–Kier alpha value is -5.93. The molecule has 1 saturated heterocycles. The van der Waals surface area contributed by atoms with Crippen molar-refractivity contribution in [1.82, 2.24) is 4.98 Å². The lowest BCUT2D eigenvalue weighted by Crippen LogP contribution is -2.91. The highest BCUT2D eigenvalue weighted by molar-refractivity contribution is 5.91. The Morgan fingerprint density at radius 2 is 1.48 bits per heavy atom. The Morgan fingerprint density at radius 1 is 0.839 bits per heavy atom. The van der Waals surface area contributed by atoms with Gasteiger partial charge in [-0.3, -0.25) is 29.0 Å². The third-order valence-electron chi connectivity index (χ3n) is 11.8. The molecule has 21 nitrogen and oxygen atoms in total. The summed E-state index contributed by atoms with van der Waals surface area (Å²) in [5.41, 5.74) is -13.8. The summed E-state index contributed by atoms with van der Waals surface area (Å²) in [5.74, 6) is -12.4. The summed E-state index contributed by atoms with van der Waals surface area (Å²) >= 11 is 0. The van der Waals surface area contributed by atoms with Crippen molar-refractivity contribution in [1.29, 1.82) is 0 Å². The van der Waals surface area contributed by atoms with Gasteiger partial charge in [0.2, 0.25) is 5.60 Å². The summed E-state index contributed by atoms with van der Waals surface area (Å²) in [5, 5.41) is 25.3. The molecule has 12 unspecified atom stereocenters. The van der Waals surface area contributed by atoms with E-state index in [-0.39, 0.29) is 23.2 Å². The predicted molar refractivity (Wildman–Crippen MR) is 199 cm³/mol. The van der Waals surface area contributed by atoms with Crippen molar-refractivity contribution < 1.29 is 95.6 Å². The minimum Gasteiger partial charge on any atom is -0.472 e. The van der Waals surface area contributed by atoms with E-state index >= 15 is 0 Å². The van der Waals surface area contributed by atoms with Gasteiger partial charge in [-0.1, -0.05) is 0 Å². The molecular formula is C41H47NO20. The molecule has 2 saturated carbocycles. The Balaban J connectivity index is 1.79. The highest BCUT2D eigenvalue weighted by atomic mass is 16.7. The molecule has 0 radical (unpaired) electrons. The molecule has 12 atom stereocenters. The molecule has 6 rings (SSSR count). The number of hydrogen-bond donors (Lipinski definition) is 2. The van der Waals surface area contributed by atoms with Crippen LogP contribution in [0.1, 0.15) is 88.2 Å². The van der Waals surface area contributed by atoms with Crippen LogP contribution in [0.2, 0.25) is 0 Å². The number of fused-ring (bicyclic) bond motifs is 5. The number of furan rings is 1. The average Bonchev–Trinajstić information content (AvgIpc) is 3.79. The summed E-state index contributed by atoms with van der Waals surface area (Å²) in [6.07, 6.45) is -8.37. The molecule has 0 amide bonds. The second-order valence-corrected chi connectivity index (χ2v) is 16.3. The lowest BCUT2D eigenvalue weighted by Gasteiger charge is -2.67. The summed E-state index contributed by atoms with van der Waals surface area (Å²) in [7, 11) is 0. The van der Waals surface area contributed by atoms with E-state index in [2.05, 4.69) is 4.98 Å². The topological polar surface area (TPSA) is 286 Å². The van der Waals surface area contributed by atoms with Gasteiger partial charge in [0.1, 0.15) is 30.2 Å². The molecule has 336 valence electrons. The molecule has 62 heavy (non-hydrogen) atoms. The van der Waals surface area contributed by atoms with Gasteiger partial charge in [-0.25, -0.2) is 14.4 Å². The molecule has 4 aliphatic rings. The number of hydrogen-bond acceptors (Lipinski definition) is 21. The maximum atomic E-state index is 14.4. The first-order chi connectivity index (χ1) is 28.9. The van der Waals surface area contributed by atoms with Gasteiger partial charge in [0, 0.05) is 52.7 Å². The lowest BCUT2D eigenvalue weighted by atomic mass is 9.47. The lowest BCUT2D eigenvalue weighted by molar-refractivity contribution is -0.394. The molecule has 2 aliphatic heterocycles. The molecule has 2 aromatic rings. The van der Waals surface area contributed by atoms with Crippen LogP contribution in [0.25, 0.3) is 0 Å². The molecule has 0 aromatic carbocycles. The summed E-state index contributed by atoms with van der Waals surface area (Å²) < 4.78 is 59.6. The number of ether oxygens (including phenoxy) is 9. The summed E-state index contributed by atoms with van der Waals surface area (Å²) in [6, 6.07) is 3.99. The van der Waals surface area contributed by atoms with Crippen LogP contribution in [-0.4, -0.2) is 135 Å². The molecule has 1 spiro atoms. The number of esters is 8. The average molecular weight is 874 g/mol. The van der Waals surface area contributed by atoms with Gasteiger partial charge in [-0.05, 0) is 51.8 Å². The molecule has 2 aromatic heterocycles. The van der Waals surface area contributed by atoms with Crippen LogP contribution in [0.15, 0.2) is 41.3 Å². The number of aryl methyl sites for hydroxylation is 1. The largest absolute Gasteiger partial charge is 0.472 e. The van der Waals surface area contributed by atoms with Crippen molar-refractivity contribution in [2.24, 2.45) is 11.8 Å². The molecule has 4 heterocycles. The second-order valence-electron chi connectivity index (χ2n) is 16.3. The van der Waals surface area contributed by atoms with Crippen molar-refractivity contribution in [3.63, 3.8) is 0 Å². The maximum absolute atomic E-state index is 14.4. The SMILES string of the molecule is CC(=O)OCC1C2C(OC(C)=O)C(OC(C)=O)C3(OC(C)=O)C(OC(C)=O)C(OC(=O)c4ccoc4)C4OC(=O)C(C)(O)CCc5ncccc5C(=O)OCC2(C)OC13C4(C)O. The summed E-state index contributed by atoms with van der Waals surface area (Å²) in [6.45, 7) is 6.55. The van der Waals surface area contributed by atoms with Gasteiger partial charge >= 0.3 is 47.8 Å². The van der Waals surface area contributed by atoms with Gasteiger partial charge in [-0.2, -0.15) is 0 Å². The number of cyclic esters (lactones) is 1. The smallest absolute Gasteiger partial charge is 0.341 e. The third-order valence-corrected chi connectivity index (χ3v) is 11.8. The quantitative estimate of drug-likeness (QED) is 0.275. The number of nitrogens with zero attached hydrogens (tertiary/aromatic N) is 1. The Bertz CT molecular complexity index is 2150. The van der Waals surface area contributed by atoms with Gasteiger partial charge in [-0.15, -0.1) is 0 Å². The van der Waals surface area contributed by atoms with Crippen LogP contribution in [0.5, 0.6) is 0 Å². The minimum atomic E-state index is -3.07. The molecule has 3 fully saturated rings. The van der Waals surface area contributed by atoms with Crippen LogP contribution in [0, 0.1) is 11.8 Å². The first kappa shape index (κ1) is 45.6. The standard InChI is InChI=1S/C41H47NO20/c1-19(43)54-17-26-28-29(56-20(2)44)32(57-21(3)45)40(61-23(5)47)33(58-22(4)46)30(59-34(48)24-12-15-53-16-24)31-39(8,52)41(26,40)62-38(28,7)18-55-35(49)25-10-9-14-42-27(25)11-13-37(6,51)36(50)60-31/h9-10,12,14-16,26,28-33,51-52H,11,13,17-18H2,1-8H3. The normalized spacial score (nSPS) is 36.3. The van der Waals surface area contributed by atoms with E-state index in [1.54, 1.807) is 0 Å². The van der Waals surface area contributed by atoms with Crippen LogP contribution < -0.4 is 0 Å². The zero-order valence-electron chi connectivity index (χ0n) is 35.0. The van der Waals surface area contributed by atoms with E-state index in [1.165, 1.54) is 31.3 Å². The van der Waals surface area contributed by atoms with Crippen molar-refractivity contribution >= 4 is 47.8 Å². The second kappa shape index (κ2) is 16.4. The van der Waals surface area contributed by atoms with Crippen molar-refractivity contribution in [2.45, 2.75) is 127 Å². The first-order valence-corrected chi connectivity index (χ1v) is 19.5. The zero-order valence-corrected chi connectivity index (χ0v) is 35.0. The van der Waals surface area contributed by atoms with Crippen LogP contribution in [-0.2, 0) is 77.8 Å². The van der Waals surface area contributed by atoms with E-state index < -0.39 is 138 Å². The molecular weight excluding hydrogens is 826 g/mol. The molecule has 2 N–H and O–H groups in total. The fourth-order valence-electron chi connectivity index (χ4n) is 9.63. The van der Waals surface area contributed by atoms with Gasteiger partial charge in [0.25, 0.3) is 0 Å². The van der Waals surface area contributed by atoms with E-state index in [1.807, 2.05) is 0 Å². The maximum Gasteiger partial charge on any atom is 0.341 e. The van der Waals surface area contributed by atoms with Gasteiger partial charge in [0.05, 0.1) is 29.7 Å². The molecule has 2 aliphatic carbocycles. The van der Waals surface area contributed by atoms with Crippen molar-refractivity contribution in [2.75, 3.05) is 13.2 Å². The molecule has 4 bridgehead atoms. The van der Waals surface area contributed by atoms with Crippen LogP contribution >= 0.6 is 0 Å². The van der Waals surface area contributed by atoms with Gasteiger partial charge in [0.15, 0.2) is 35.6 Å². The molecule has 21 heteroatoms. The minimum absolute atomic E-state index is 0.0807. The highest BCUT2D eigenvalue weighted by Gasteiger charge is 2.92. The first-order valence-electron chi connectivity index (χ1n) is 19.5. The number of carbonyl (C=O) groups is 8.